The van der Waals surface area contributed by atoms with E-state index in [9.17, 15) is 22.8 Å². The van der Waals surface area contributed by atoms with Gasteiger partial charge in [-0.25, -0.2) is 9.59 Å². The number of carbonyl (C=O) groups is 2. The molecular weight excluding hydrogens is 281 g/mol. The van der Waals surface area contributed by atoms with Crippen LogP contribution in [0.2, 0.25) is 0 Å². The number of carbonyl (C=O) groups excluding carboxylic acids is 1. The number of nitrogens with zero attached hydrogens (tertiary/aromatic N) is 1. The van der Waals surface area contributed by atoms with Crippen molar-refractivity contribution in [3.05, 3.63) is 18.0 Å². The molecule has 1 aromatic heterocycles. The summed E-state index contributed by atoms with van der Waals surface area (Å²) < 4.78 is 38.1. The summed E-state index contributed by atoms with van der Waals surface area (Å²) >= 11 is 0. The van der Waals surface area contributed by atoms with Gasteiger partial charge in [-0.1, -0.05) is 0 Å². The second-order valence-corrected chi connectivity index (χ2v) is 4.28. The molecule has 10 heteroatoms. The average Bonchev–Trinajstić information content (AvgIpc) is 2.79. The Morgan fingerprint density at radius 2 is 2.05 bits per heavy atom. The molecule has 4 N–H and O–H groups in total. The summed E-state index contributed by atoms with van der Waals surface area (Å²) in [6.45, 7) is 1.88. The van der Waals surface area contributed by atoms with Gasteiger partial charge in [-0.2, -0.15) is 18.3 Å². The van der Waals surface area contributed by atoms with Crippen LogP contribution in [0, 0.1) is 0 Å². The predicted molar refractivity (Wildman–Crippen MR) is 60.8 cm³/mol. The van der Waals surface area contributed by atoms with Gasteiger partial charge in [-0.05, 0) is 13.8 Å². The number of rotatable bonds is 4. The largest absolute Gasteiger partial charge is 0.479 e. The number of urea groups is 1. The van der Waals surface area contributed by atoms with Crippen molar-refractivity contribution in [2.75, 3.05) is 0 Å². The molecule has 1 aromatic rings. The number of carboxylic acids is 1. The highest BCUT2D eigenvalue weighted by atomic mass is 19.4. The number of nitrogens with one attached hydrogen (secondary N) is 3. The third kappa shape index (κ3) is 3.19. The summed E-state index contributed by atoms with van der Waals surface area (Å²) in [4.78, 5) is 22.2. The Hall–Kier alpha value is -2.26. The zero-order valence-electron chi connectivity index (χ0n) is 10.6. The zero-order chi connectivity index (χ0) is 15.6. The fourth-order valence-electron chi connectivity index (χ4n) is 1.29. The minimum atomic E-state index is -5.13. The molecule has 20 heavy (non-hydrogen) atoms. The smallest absolute Gasteiger partial charge is 0.422 e. The first-order chi connectivity index (χ1) is 9.08. The lowest BCUT2D eigenvalue weighted by Crippen LogP contribution is -2.63. The lowest BCUT2D eigenvalue weighted by molar-refractivity contribution is -0.203. The predicted octanol–water partition coefficient (Wildman–Crippen LogP) is 1.18. The van der Waals surface area contributed by atoms with Crippen molar-refractivity contribution < 1.29 is 27.9 Å². The standard InChI is InChI=1S/C10H13F3N4O3/c1-5(6-3-14-15-4-6)16-8(20)17-9(2,7(18)19)10(11,12)13/h3-5H,1-2H3,(H,14,15)(H,18,19)(H2,16,17,20). The molecule has 2 atom stereocenters. The van der Waals surface area contributed by atoms with Crippen molar-refractivity contribution in [3.8, 4) is 0 Å². The van der Waals surface area contributed by atoms with E-state index in [0.717, 1.165) is 0 Å². The van der Waals surface area contributed by atoms with Crippen molar-refractivity contribution in [2.45, 2.75) is 31.6 Å². The molecule has 0 aliphatic rings. The van der Waals surface area contributed by atoms with E-state index in [4.69, 9.17) is 5.11 Å². The molecule has 0 aliphatic heterocycles. The Kier molecular flexibility index (Phi) is 4.26. The number of aliphatic carboxylic acids is 1. The number of carboxylic acid groups (broad SMARTS) is 1. The van der Waals surface area contributed by atoms with E-state index in [1.165, 1.54) is 24.6 Å². The molecule has 0 fully saturated rings. The van der Waals surface area contributed by atoms with E-state index >= 15 is 0 Å². The molecule has 0 aliphatic carbocycles. The number of halogens is 3. The number of hydrogen-bond acceptors (Lipinski definition) is 3. The van der Waals surface area contributed by atoms with Gasteiger partial charge in [0.1, 0.15) is 0 Å². The Balaban J connectivity index is 2.76. The van der Waals surface area contributed by atoms with Crippen LogP contribution in [0.4, 0.5) is 18.0 Å². The highest BCUT2D eigenvalue weighted by Gasteiger charge is 2.58. The molecule has 0 saturated carbocycles. The summed E-state index contributed by atoms with van der Waals surface area (Å²) in [5.74, 6) is -2.20. The summed E-state index contributed by atoms with van der Waals surface area (Å²) in [5, 5.41) is 18.4. The van der Waals surface area contributed by atoms with Crippen molar-refractivity contribution in [3.63, 3.8) is 0 Å². The summed E-state index contributed by atoms with van der Waals surface area (Å²) in [6, 6.07) is -1.89. The maximum absolute atomic E-state index is 12.7. The molecule has 1 rings (SSSR count). The van der Waals surface area contributed by atoms with Crippen molar-refractivity contribution in [2.24, 2.45) is 0 Å². The van der Waals surface area contributed by atoms with E-state index in [2.05, 4.69) is 15.5 Å². The fourth-order valence-corrected chi connectivity index (χ4v) is 1.29. The van der Waals surface area contributed by atoms with Crippen LogP contribution < -0.4 is 10.6 Å². The second kappa shape index (κ2) is 5.39. The summed E-state index contributed by atoms with van der Waals surface area (Å²) in [5.41, 5.74) is -2.84. The second-order valence-electron chi connectivity index (χ2n) is 4.28. The molecule has 112 valence electrons. The van der Waals surface area contributed by atoms with Crippen molar-refractivity contribution >= 4 is 12.0 Å². The van der Waals surface area contributed by atoms with Gasteiger partial charge in [0, 0.05) is 11.8 Å². The van der Waals surface area contributed by atoms with Crippen LogP contribution in [0.5, 0.6) is 0 Å². The van der Waals surface area contributed by atoms with E-state index in [1.807, 2.05) is 0 Å². The van der Waals surface area contributed by atoms with Gasteiger partial charge in [0.05, 0.1) is 12.2 Å². The van der Waals surface area contributed by atoms with E-state index in [1.54, 1.807) is 0 Å². The topological polar surface area (TPSA) is 107 Å². The normalized spacial score (nSPS) is 16.1. The number of hydrogen-bond donors (Lipinski definition) is 4. The van der Waals surface area contributed by atoms with Crippen LogP contribution in [0.1, 0.15) is 25.5 Å². The van der Waals surface area contributed by atoms with Crippen molar-refractivity contribution in [1.82, 2.24) is 20.8 Å². The van der Waals surface area contributed by atoms with Crippen LogP contribution in [0.25, 0.3) is 0 Å². The number of amides is 2. The average molecular weight is 294 g/mol. The van der Waals surface area contributed by atoms with Gasteiger partial charge >= 0.3 is 18.2 Å². The SMILES string of the molecule is CC(NC(=O)NC(C)(C(=O)O)C(F)(F)F)c1cn[nH]c1. The quantitative estimate of drug-likeness (QED) is 0.668. The Bertz CT molecular complexity index is 488. The van der Waals surface area contributed by atoms with Gasteiger partial charge in [-0.3, -0.25) is 5.10 Å². The minimum absolute atomic E-state index is 0.372. The van der Waals surface area contributed by atoms with Crippen LogP contribution >= 0.6 is 0 Å². The van der Waals surface area contributed by atoms with Crippen LogP contribution in [0.3, 0.4) is 0 Å². The van der Waals surface area contributed by atoms with Gasteiger partial charge < -0.3 is 15.7 Å². The van der Waals surface area contributed by atoms with E-state index < -0.39 is 29.8 Å². The summed E-state index contributed by atoms with van der Waals surface area (Å²) in [6.07, 6.45) is -2.30. The van der Waals surface area contributed by atoms with Gasteiger partial charge in [-0.15, -0.1) is 0 Å². The minimum Gasteiger partial charge on any atom is -0.479 e. The lowest BCUT2D eigenvalue weighted by atomic mass is 10.0. The fraction of sp³-hybridized carbons (Fsp3) is 0.500. The zero-order valence-corrected chi connectivity index (χ0v) is 10.6. The molecule has 2 amide bonds. The molecule has 0 spiro atoms. The maximum atomic E-state index is 12.7. The first-order valence-corrected chi connectivity index (χ1v) is 5.45. The molecular formula is C10H13F3N4O3. The van der Waals surface area contributed by atoms with Gasteiger partial charge in [0.25, 0.3) is 0 Å². The van der Waals surface area contributed by atoms with E-state index in [-0.39, 0.29) is 0 Å². The number of H-pyrrole nitrogens is 1. The first-order valence-electron chi connectivity index (χ1n) is 5.45. The highest BCUT2D eigenvalue weighted by Crippen LogP contribution is 2.30. The molecule has 0 saturated heterocycles. The monoisotopic (exact) mass is 294 g/mol. The molecule has 2 unspecified atom stereocenters. The molecule has 7 nitrogen and oxygen atoms in total. The number of alkyl halides is 3. The van der Waals surface area contributed by atoms with Crippen LogP contribution in [-0.2, 0) is 4.79 Å². The van der Waals surface area contributed by atoms with Gasteiger partial charge in [0.2, 0.25) is 5.54 Å². The third-order valence-electron chi connectivity index (χ3n) is 2.73. The lowest BCUT2D eigenvalue weighted by Gasteiger charge is -2.29. The maximum Gasteiger partial charge on any atom is 0.422 e. The summed E-state index contributed by atoms with van der Waals surface area (Å²) in [7, 11) is 0. The molecule has 0 aromatic carbocycles. The Morgan fingerprint density at radius 3 is 2.45 bits per heavy atom. The molecule has 0 bridgehead atoms. The molecule has 1 heterocycles. The third-order valence-corrected chi connectivity index (χ3v) is 2.73. The van der Waals surface area contributed by atoms with Gasteiger partial charge in [0.15, 0.2) is 0 Å². The molecule has 0 radical (unpaired) electrons. The first kappa shape index (κ1) is 15.8. The van der Waals surface area contributed by atoms with Crippen LogP contribution in [-0.4, -0.2) is 39.0 Å². The number of aromatic nitrogens is 2. The number of aromatic amines is 1. The van der Waals surface area contributed by atoms with Crippen molar-refractivity contribution in [1.29, 1.82) is 0 Å². The highest BCUT2D eigenvalue weighted by molar-refractivity contribution is 5.86. The van der Waals surface area contributed by atoms with E-state index in [0.29, 0.717) is 12.5 Å². The van der Waals surface area contributed by atoms with Crippen LogP contribution in [0.15, 0.2) is 12.4 Å². The Morgan fingerprint density at radius 1 is 1.45 bits per heavy atom. The Labute approximate surface area is 111 Å².